The number of benzene rings is 2. The molecule has 0 aliphatic carbocycles. The third kappa shape index (κ3) is 7.11. The van der Waals surface area contributed by atoms with Gasteiger partial charge in [0.1, 0.15) is 0 Å². The summed E-state index contributed by atoms with van der Waals surface area (Å²) in [4.78, 5) is 35.0. The van der Waals surface area contributed by atoms with Crippen molar-refractivity contribution in [2.24, 2.45) is 0 Å². The number of halogens is 1. The number of anilines is 1. The molecule has 27 heavy (non-hydrogen) atoms. The molecule has 2 aromatic carbocycles. The largest absolute Gasteiger partial charge is 0.469 e. The van der Waals surface area contributed by atoms with Crippen LogP contribution in [0.1, 0.15) is 28.8 Å². The lowest BCUT2D eigenvalue weighted by Gasteiger charge is -2.08. The first kappa shape index (κ1) is 20.5. The van der Waals surface area contributed by atoms with Crippen LogP contribution >= 0.6 is 11.6 Å². The molecule has 0 radical (unpaired) electrons. The lowest BCUT2D eigenvalue weighted by molar-refractivity contribution is -0.140. The zero-order valence-electron chi connectivity index (χ0n) is 15.0. The third-order valence-electron chi connectivity index (χ3n) is 3.80. The molecule has 7 heteroatoms. The molecular formula is C20H21ClN2O4. The summed E-state index contributed by atoms with van der Waals surface area (Å²) in [6.07, 6.45) is 1.03. The quantitative estimate of drug-likeness (QED) is 0.680. The molecule has 0 aromatic heterocycles. The average molecular weight is 389 g/mol. The molecule has 0 fully saturated rings. The molecular weight excluding hydrogens is 368 g/mol. The van der Waals surface area contributed by atoms with Crippen LogP contribution in [0.3, 0.4) is 0 Å². The molecule has 2 rings (SSSR count). The van der Waals surface area contributed by atoms with E-state index in [1.807, 2.05) is 18.2 Å². The fourth-order valence-electron chi connectivity index (χ4n) is 2.36. The van der Waals surface area contributed by atoms with Gasteiger partial charge in [-0.25, -0.2) is 0 Å². The van der Waals surface area contributed by atoms with E-state index in [4.69, 9.17) is 11.6 Å². The first-order valence-corrected chi connectivity index (χ1v) is 8.85. The van der Waals surface area contributed by atoms with Crippen LogP contribution < -0.4 is 10.6 Å². The number of hydrogen-bond donors (Lipinski definition) is 2. The molecule has 0 atom stereocenters. The van der Waals surface area contributed by atoms with Crippen LogP contribution in [-0.2, 0) is 20.7 Å². The number of hydrogen-bond acceptors (Lipinski definition) is 4. The van der Waals surface area contributed by atoms with E-state index in [9.17, 15) is 14.4 Å². The highest BCUT2D eigenvalue weighted by atomic mass is 35.5. The van der Waals surface area contributed by atoms with Crippen LogP contribution in [0.25, 0.3) is 0 Å². The van der Waals surface area contributed by atoms with Gasteiger partial charge in [0.25, 0.3) is 5.91 Å². The van der Waals surface area contributed by atoms with Crippen molar-refractivity contribution in [2.75, 3.05) is 19.0 Å². The Morgan fingerprint density at radius 2 is 1.78 bits per heavy atom. The van der Waals surface area contributed by atoms with Gasteiger partial charge >= 0.3 is 5.97 Å². The Labute approximate surface area is 162 Å². The zero-order chi connectivity index (χ0) is 19.6. The Balaban J connectivity index is 1.79. The van der Waals surface area contributed by atoms with Crippen LogP contribution in [-0.4, -0.2) is 31.4 Å². The van der Waals surface area contributed by atoms with Gasteiger partial charge in [0.05, 0.1) is 13.5 Å². The second-order valence-electron chi connectivity index (χ2n) is 5.84. The summed E-state index contributed by atoms with van der Waals surface area (Å²) in [6.45, 7) is 0.202. The third-order valence-corrected chi connectivity index (χ3v) is 4.04. The number of amides is 2. The molecule has 0 heterocycles. The molecule has 0 aliphatic heterocycles. The molecule has 0 saturated carbocycles. The van der Waals surface area contributed by atoms with Crippen molar-refractivity contribution in [3.05, 3.63) is 64.7 Å². The lowest BCUT2D eigenvalue weighted by atomic mass is 10.1. The highest BCUT2D eigenvalue weighted by Crippen LogP contribution is 2.14. The second-order valence-corrected chi connectivity index (χ2v) is 6.27. The fraction of sp³-hybridized carbons (Fsp3) is 0.250. The summed E-state index contributed by atoms with van der Waals surface area (Å²) in [5.41, 5.74) is 2.05. The Hall–Kier alpha value is -2.86. The molecule has 142 valence electrons. The van der Waals surface area contributed by atoms with E-state index in [0.717, 1.165) is 5.56 Å². The minimum atomic E-state index is -0.383. The first-order chi connectivity index (χ1) is 13.0. The Bertz CT molecular complexity index is 806. The molecule has 0 aliphatic rings. The fourth-order valence-corrected chi connectivity index (χ4v) is 2.57. The van der Waals surface area contributed by atoms with E-state index in [-0.39, 0.29) is 30.7 Å². The van der Waals surface area contributed by atoms with E-state index in [2.05, 4.69) is 15.4 Å². The molecule has 6 nitrogen and oxygen atoms in total. The van der Waals surface area contributed by atoms with Crippen molar-refractivity contribution < 1.29 is 19.1 Å². The molecule has 0 spiro atoms. The summed E-state index contributed by atoms with van der Waals surface area (Å²) in [7, 11) is 1.30. The molecule has 2 N–H and O–H groups in total. The van der Waals surface area contributed by atoms with Gasteiger partial charge in [0, 0.05) is 29.2 Å². The van der Waals surface area contributed by atoms with Crippen LogP contribution in [0.2, 0.25) is 5.02 Å². The SMILES string of the molecule is COC(=O)CCNC(=O)c1ccc(NC(=O)CCc2cccc(Cl)c2)cc1. The van der Waals surface area contributed by atoms with Crippen LogP contribution in [0.4, 0.5) is 5.69 Å². The normalized spacial score (nSPS) is 10.1. The maximum Gasteiger partial charge on any atom is 0.307 e. The van der Waals surface area contributed by atoms with Gasteiger partial charge < -0.3 is 15.4 Å². The molecule has 2 aromatic rings. The van der Waals surface area contributed by atoms with Crippen molar-refractivity contribution in [1.82, 2.24) is 5.32 Å². The van der Waals surface area contributed by atoms with E-state index in [1.54, 1.807) is 30.3 Å². The topological polar surface area (TPSA) is 84.5 Å². The maximum atomic E-state index is 12.1. The van der Waals surface area contributed by atoms with Gasteiger partial charge in [-0.05, 0) is 48.4 Å². The second kappa shape index (κ2) is 10.3. The predicted molar refractivity (Wildman–Crippen MR) is 104 cm³/mol. The number of rotatable bonds is 8. The minimum Gasteiger partial charge on any atom is -0.469 e. The first-order valence-electron chi connectivity index (χ1n) is 8.47. The van der Waals surface area contributed by atoms with Crippen LogP contribution in [0, 0.1) is 0 Å². The van der Waals surface area contributed by atoms with Gasteiger partial charge in [0.2, 0.25) is 5.91 Å². The number of esters is 1. The number of nitrogens with one attached hydrogen (secondary N) is 2. The summed E-state index contributed by atoms with van der Waals surface area (Å²) in [6, 6.07) is 13.9. The van der Waals surface area contributed by atoms with E-state index in [0.29, 0.717) is 29.1 Å². The lowest BCUT2D eigenvalue weighted by Crippen LogP contribution is -2.26. The molecule has 0 saturated heterocycles. The van der Waals surface area contributed by atoms with Crippen molar-refractivity contribution in [3.8, 4) is 0 Å². The zero-order valence-corrected chi connectivity index (χ0v) is 15.7. The van der Waals surface area contributed by atoms with Crippen molar-refractivity contribution in [2.45, 2.75) is 19.3 Å². The highest BCUT2D eigenvalue weighted by molar-refractivity contribution is 6.30. The minimum absolute atomic E-state index is 0.114. The molecule has 2 amide bonds. The average Bonchev–Trinajstić information content (AvgIpc) is 2.66. The van der Waals surface area contributed by atoms with Crippen molar-refractivity contribution >= 4 is 35.1 Å². The van der Waals surface area contributed by atoms with E-state index < -0.39 is 0 Å². The number of carbonyl (C=O) groups excluding carboxylic acids is 3. The Morgan fingerprint density at radius 1 is 1.04 bits per heavy atom. The Morgan fingerprint density at radius 3 is 2.44 bits per heavy atom. The maximum absolute atomic E-state index is 12.1. The van der Waals surface area contributed by atoms with Crippen molar-refractivity contribution in [3.63, 3.8) is 0 Å². The smallest absolute Gasteiger partial charge is 0.307 e. The monoisotopic (exact) mass is 388 g/mol. The number of ether oxygens (including phenoxy) is 1. The van der Waals surface area contributed by atoms with E-state index >= 15 is 0 Å². The van der Waals surface area contributed by atoms with E-state index in [1.165, 1.54) is 7.11 Å². The standard InChI is InChI=1S/C20H21ClN2O4/c1-27-19(25)11-12-22-20(26)15-6-8-17(9-7-15)23-18(24)10-5-14-3-2-4-16(21)13-14/h2-4,6-9,13H,5,10-12H2,1H3,(H,22,26)(H,23,24). The molecule has 0 unspecified atom stereocenters. The van der Waals surface area contributed by atoms with Gasteiger partial charge in [-0.15, -0.1) is 0 Å². The summed E-state index contributed by atoms with van der Waals surface area (Å²) >= 11 is 5.93. The summed E-state index contributed by atoms with van der Waals surface area (Å²) in [5.74, 6) is -0.797. The van der Waals surface area contributed by atoms with Crippen LogP contribution in [0.5, 0.6) is 0 Å². The number of methoxy groups -OCH3 is 1. The van der Waals surface area contributed by atoms with Gasteiger partial charge in [-0.2, -0.15) is 0 Å². The predicted octanol–water partition coefficient (Wildman–Crippen LogP) is 3.20. The highest BCUT2D eigenvalue weighted by Gasteiger charge is 2.08. The number of carbonyl (C=O) groups is 3. The van der Waals surface area contributed by atoms with Crippen molar-refractivity contribution in [1.29, 1.82) is 0 Å². The molecule has 0 bridgehead atoms. The van der Waals surface area contributed by atoms with Gasteiger partial charge in [-0.1, -0.05) is 23.7 Å². The van der Waals surface area contributed by atoms with Gasteiger partial charge in [-0.3, -0.25) is 14.4 Å². The number of aryl methyl sites for hydroxylation is 1. The summed E-state index contributed by atoms with van der Waals surface area (Å²) < 4.78 is 4.51. The Kier molecular flexibility index (Phi) is 7.82. The summed E-state index contributed by atoms with van der Waals surface area (Å²) in [5, 5.41) is 6.07. The van der Waals surface area contributed by atoms with Crippen LogP contribution in [0.15, 0.2) is 48.5 Å². The van der Waals surface area contributed by atoms with Gasteiger partial charge in [0.15, 0.2) is 0 Å².